The number of imidazole rings is 1. The van der Waals surface area contributed by atoms with E-state index in [1.54, 1.807) is 11.6 Å². The third-order valence-corrected chi connectivity index (χ3v) is 5.88. The van der Waals surface area contributed by atoms with Crippen molar-refractivity contribution in [2.75, 3.05) is 11.5 Å². The molecule has 0 aliphatic carbocycles. The minimum Gasteiger partial charge on any atom is -0.396 e. The fourth-order valence-corrected chi connectivity index (χ4v) is 4.44. The van der Waals surface area contributed by atoms with Crippen molar-refractivity contribution in [3.05, 3.63) is 75.7 Å². The topological polar surface area (TPSA) is 61.3 Å². The average molecular weight is 373 g/mol. The number of nitrogens with one attached hydrogen (secondary N) is 1. The van der Waals surface area contributed by atoms with E-state index in [1.807, 2.05) is 6.07 Å². The number of aromatic amines is 1. The number of rotatable bonds is 4. The van der Waals surface area contributed by atoms with Crippen molar-refractivity contribution in [3.63, 3.8) is 0 Å². The molecule has 0 bridgehead atoms. The van der Waals surface area contributed by atoms with Crippen molar-refractivity contribution >= 4 is 27.5 Å². The van der Waals surface area contributed by atoms with Gasteiger partial charge >= 0.3 is 5.69 Å². The molecule has 0 saturated carbocycles. The molecule has 5 nitrogen and oxygen atoms in total. The van der Waals surface area contributed by atoms with Gasteiger partial charge in [0.1, 0.15) is 0 Å². The quantitative estimate of drug-likeness (QED) is 0.576. The number of aliphatic hydroxyl groups excluding tert-OH is 1. The summed E-state index contributed by atoms with van der Waals surface area (Å²) in [5.74, 6) is 0. The molecule has 142 valence electrons. The second-order valence-corrected chi connectivity index (χ2v) is 7.60. The molecule has 5 heteroatoms. The summed E-state index contributed by atoms with van der Waals surface area (Å²) in [6.45, 7) is 1.91. The van der Waals surface area contributed by atoms with Crippen LogP contribution < -0.4 is 10.6 Å². The minimum absolute atomic E-state index is 0.0867. The standard InChI is InChI=1S/C23H23N3O2/c1-25-21-10-9-18(12-20(21)24-23(25)28)26-13-16-4-2-6-19-15(5-3-11-27)7-8-17(14-26)22(16)19/h2,4,6-10,12,27H,3,5,11,13-14H2,1H3,(H,24,28). The van der Waals surface area contributed by atoms with E-state index in [9.17, 15) is 9.90 Å². The molecule has 1 aliphatic heterocycles. The predicted octanol–water partition coefficient (Wildman–Crippen LogP) is 3.46. The summed E-state index contributed by atoms with van der Waals surface area (Å²) >= 11 is 0. The lowest BCUT2D eigenvalue weighted by atomic mass is 9.90. The molecule has 0 atom stereocenters. The lowest BCUT2D eigenvalue weighted by Crippen LogP contribution is -2.26. The van der Waals surface area contributed by atoms with Crippen LogP contribution in [0.15, 0.2) is 53.3 Å². The van der Waals surface area contributed by atoms with Gasteiger partial charge in [0.15, 0.2) is 0 Å². The molecule has 2 heterocycles. The highest BCUT2D eigenvalue weighted by Gasteiger charge is 2.20. The molecule has 2 N–H and O–H groups in total. The Balaban J connectivity index is 1.56. The van der Waals surface area contributed by atoms with Crippen LogP contribution in [-0.2, 0) is 26.6 Å². The Bertz CT molecular complexity index is 1240. The average Bonchev–Trinajstić information content (AvgIpc) is 3.00. The smallest absolute Gasteiger partial charge is 0.326 e. The number of fused-ring (bicyclic) bond motifs is 1. The molecule has 0 spiro atoms. The number of aryl methyl sites for hydroxylation is 2. The molecule has 0 fully saturated rings. The molecular formula is C23H23N3O2. The monoisotopic (exact) mass is 373 g/mol. The molecule has 0 unspecified atom stereocenters. The number of aliphatic hydroxyl groups is 1. The Kier molecular flexibility index (Phi) is 3.98. The number of nitrogens with zero attached hydrogens (tertiary/aromatic N) is 2. The van der Waals surface area contributed by atoms with E-state index in [4.69, 9.17) is 0 Å². The number of anilines is 1. The van der Waals surface area contributed by atoms with E-state index in [1.165, 1.54) is 27.5 Å². The number of benzene rings is 3. The number of hydrogen-bond acceptors (Lipinski definition) is 3. The summed E-state index contributed by atoms with van der Waals surface area (Å²) in [5.41, 5.74) is 6.77. The summed E-state index contributed by atoms with van der Waals surface area (Å²) in [7, 11) is 1.78. The first kappa shape index (κ1) is 17.1. The van der Waals surface area contributed by atoms with Crippen molar-refractivity contribution in [1.82, 2.24) is 9.55 Å². The maximum atomic E-state index is 11.9. The van der Waals surface area contributed by atoms with Crippen LogP contribution in [0.4, 0.5) is 5.69 Å². The maximum absolute atomic E-state index is 11.9. The first-order valence-corrected chi connectivity index (χ1v) is 9.72. The number of H-pyrrole nitrogens is 1. The van der Waals surface area contributed by atoms with Crippen LogP contribution in [0.1, 0.15) is 23.1 Å². The Labute approximate surface area is 162 Å². The third-order valence-electron chi connectivity index (χ3n) is 5.88. The SMILES string of the molecule is Cn1c(=O)[nH]c2cc(N3Cc4cccc5c(CCCO)ccc(c45)C3)ccc21. The van der Waals surface area contributed by atoms with Gasteiger partial charge in [-0.25, -0.2) is 4.79 Å². The van der Waals surface area contributed by atoms with Crippen LogP contribution in [0.25, 0.3) is 21.8 Å². The van der Waals surface area contributed by atoms with Crippen molar-refractivity contribution in [2.45, 2.75) is 25.9 Å². The van der Waals surface area contributed by atoms with Crippen LogP contribution >= 0.6 is 0 Å². The molecule has 28 heavy (non-hydrogen) atoms. The fraction of sp³-hybridized carbons (Fsp3) is 0.261. The van der Waals surface area contributed by atoms with Crippen molar-refractivity contribution in [2.24, 2.45) is 7.05 Å². The normalized spacial score (nSPS) is 13.6. The largest absolute Gasteiger partial charge is 0.396 e. The predicted molar refractivity (Wildman–Crippen MR) is 113 cm³/mol. The van der Waals surface area contributed by atoms with Gasteiger partial charge < -0.3 is 15.0 Å². The molecule has 1 aromatic heterocycles. The summed E-state index contributed by atoms with van der Waals surface area (Å²) in [6, 6.07) is 17.1. The third kappa shape index (κ3) is 2.62. The van der Waals surface area contributed by atoms with E-state index >= 15 is 0 Å². The molecule has 4 aromatic rings. The van der Waals surface area contributed by atoms with Gasteiger partial charge in [0, 0.05) is 32.4 Å². The van der Waals surface area contributed by atoms with Crippen LogP contribution in [0.5, 0.6) is 0 Å². The summed E-state index contributed by atoms with van der Waals surface area (Å²) in [6.07, 6.45) is 1.69. The minimum atomic E-state index is -0.0867. The zero-order valence-corrected chi connectivity index (χ0v) is 15.9. The second-order valence-electron chi connectivity index (χ2n) is 7.60. The Morgan fingerprint density at radius 3 is 2.71 bits per heavy atom. The first-order chi connectivity index (χ1) is 13.7. The highest BCUT2D eigenvalue weighted by Crippen LogP contribution is 2.35. The fourth-order valence-electron chi connectivity index (χ4n) is 4.44. The van der Waals surface area contributed by atoms with Gasteiger partial charge in [0.05, 0.1) is 11.0 Å². The van der Waals surface area contributed by atoms with Crippen LogP contribution in [0, 0.1) is 0 Å². The van der Waals surface area contributed by atoms with Gasteiger partial charge in [0.2, 0.25) is 0 Å². The van der Waals surface area contributed by atoms with Crippen molar-refractivity contribution < 1.29 is 5.11 Å². The van der Waals surface area contributed by atoms with Gasteiger partial charge in [-0.2, -0.15) is 0 Å². The van der Waals surface area contributed by atoms with Gasteiger partial charge in [-0.3, -0.25) is 4.57 Å². The molecular weight excluding hydrogens is 350 g/mol. The van der Waals surface area contributed by atoms with Gasteiger partial charge in [0.25, 0.3) is 0 Å². The molecule has 1 aliphatic rings. The summed E-state index contributed by atoms with van der Waals surface area (Å²) < 4.78 is 1.64. The van der Waals surface area contributed by atoms with Gasteiger partial charge in [-0.15, -0.1) is 0 Å². The second kappa shape index (κ2) is 6.53. The zero-order chi connectivity index (χ0) is 19.3. The van der Waals surface area contributed by atoms with E-state index in [2.05, 4.69) is 52.3 Å². The highest BCUT2D eigenvalue weighted by atomic mass is 16.2. The summed E-state index contributed by atoms with van der Waals surface area (Å²) in [5, 5.41) is 11.9. The van der Waals surface area contributed by atoms with Gasteiger partial charge in [-0.1, -0.05) is 30.3 Å². The zero-order valence-electron chi connectivity index (χ0n) is 15.9. The van der Waals surface area contributed by atoms with Crippen molar-refractivity contribution in [3.8, 4) is 0 Å². The Hall–Kier alpha value is -3.05. The molecule has 0 saturated heterocycles. The molecule has 5 rings (SSSR count). The van der Waals surface area contributed by atoms with E-state index in [0.717, 1.165) is 42.7 Å². The molecule has 0 amide bonds. The Morgan fingerprint density at radius 2 is 1.89 bits per heavy atom. The lowest BCUT2D eigenvalue weighted by molar-refractivity contribution is 0.289. The lowest BCUT2D eigenvalue weighted by Gasteiger charge is -2.31. The van der Waals surface area contributed by atoms with E-state index in [-0.39, 0.29) is 12.3 Å². The Morgan fingerprint density at radius 1 is 1.07 bits per heavy atom. The highest BCUT2D eigenvalue weighted by molar-refractivity contribution is 5.93. The van der Waals surface area contributed by atoms with E-state index < -0.39 is 0 Å². The summed E-state index contributed by atoms with van der Waals surface area (Å²) in [4.78, 5) is 17.2. The van der Waals surface area contributed by atoms with Gasteiger partial charge in [-0.05, 0) is 58.5 Å². The first-order valence-electron chi connectivity index (χ1n) is 9.72. The number of hydrogen-bond donors (Lipinski definition) is 2. The molecule has 0 radical (unpaired) electrons. The number of aromatic nitrogens is 2. The van der Waals surface area contributed by atoms with Crippen molar-refractivity contribution in [1.29, 1.82) is 0 Å². The molecule has 3 aromatic carbocycles. The van der Waals surface area contributed by atoms with Crippen LogP contribution in [0.2, 0.25) is 0 Å². The van der Waals surface area contributed by atoms with E-state index in [0.29, 0.717) is 0 Å². The van der Waals surface area contributed by atoms with Crippen LogP contribution in [0.3, 0.4) is 0 Å². The maximum Gasteiger partial charge on any atom is 0.326 e. The van der Waals surface area contributed by atoms with Crippen LogP contribution in [-0.4, -0.2) is 21.3 Å².